The number of aryl methyl sites for hydroxylation is 1. The van der Waals surface area contributed by atoms with Gasteiger partial charge in [0.25, 0.3) is 5.91 Å². The first-order chi connectivity index (χ1) is 12.2. The highest BCUT2D eigenvalue weighted by atomic mass is 32.1. The van der Waals surface area contributed by atoms with Crippen molar-refractivity contribution in [2.75, 3.05) is 23.7 Å². The molecule has 128 valence electrons. The number of hydrogen-bond donors (Lipinski definition) is 3. The monoisotopic (exact) mass is 356 g/mol. The van der Waals surface area contributed by atoms with Crippen LogP contribution < -0.4 is 16.0 Å². The molecule has 9 nitrogen and oxygen atoms in total. The van der Waals surface area contributed by atoms with Crippen LogP contribution in [0.3, 0.4) is 0 Å². The van der Waals surface area contributed by atoms with Crippen LogP contribution in [0.2, 0.25) is 0 Å². The van der Waals surface area contributed by atoms with Gasteiger partial charge in [-0.25, -0.2) is 4.98 Å². The fourth-order valence-electron chi connectivity index (χ4n) is 1.95. The zero-order valence-electron chi connectivity index (χ0n) is 13.4. The van der Waals surface area contributed by atoms with E-state index in [0.29, 0.717) is 41.1 Å². The summed E-state index contributed by atoms with van der Waals surface area (Å²) in [6.07, 6.45) is 1.70. The Morgan fingerprint density at radius 3 is 2.56 bits per heavy atom. The highest BCUT2D eigenvalue weighted by Gasteiger charge is 2.11. The van der Waals surface area contributed by atoms with Crippen molar-refractivity contribution in [1.82, 2.24) is 30.1 Å². The molecule has 3 aromatic heterocycles. The van der Waals surface area contributed by atoms with Crippen LogP contribution in [0.4, 0.5) is 17.5 Å². The first kappa shape index (κ1) is 16.7. The maximum absolute atomic E-state index is 11.9. The summed E-state index contributed by atoms with van der Waals surface area (Å²) < 4.78 is 3.74. The maximum Gasteiger partial charge on any atom is 0.265 e. The van der Waals surface area contributed by atoms with Gasteiger partial charge in [-0.2, -0.15) is 0 Å². The Bertz CT molecular complexity index is 821. The number of hydrogen-bond acceptors (Lipinski definition) is 9. The summed E-state index contributed by atoms with van der Waals surface area (Å²) in [4.78, 5) is 16.6. The molecule has 3 rings (SSSR count). The van der Waals surface area contributed by atoms with Gasteiger partial charge in [0.05, 0.1) is 5.69 Å². The van der Waals surface area contributed by atoms with Crippen LogP contribution in [-0.2, 0) is 0 Å². The summed E-state index contributed by atoms with van der Waals surface area (Å²) in [5, 5.41) is 20.9. The second kappa shape index (κ2) is 8.11. The number of carbonyl (C=O) groups excluding carboxylic acids is 1. The molecule has 0 saturated carbocycles. The molecular formula is C15H16N8OS. The molecule has 25 heavy (non-hydrogen) atoms. The van der Waals surface area contributed by atoms with Crippen LogP contribution in [0.5, 0.6) is 0 Å². The molecule has 0 bridgehead atoms. The van der Waals surface area contributed by atoms with Crippen molar-refractivity contribution < 1.29 is 4.79 Å². The Labute approximate surface area is 148 Å². The minimum absolute atomic E-state index is 0.171. The summed E-state index contributed by atoms with van der Waals surface area (Å²) in [7, 11) is 0. The smallest absolute Gasteiger partial charge is 0.265 e. The minimum atomic E-state index is -0.171. The van der Waals surface area contributed by atoms with Gasteiger partial charge in [-0.1, -0.05) is 10.6 Å². The predicted octanol–water partition coefficient (Wildman–Crippen LogP) is 1.62. The van der Waals surface area contributed by atoms with Gasteiger partial charge in [-0.15, -0.1) is 15.3 Å². The number of pyridine rings is 1. The molecule has 0 fully saturated rings. The molecule has 0 aliphatic rings. The van der Waals surface area contributed by atoms with Crippen LogP contribution in [0.25, 0.3) is 0 Å². The SMILES string of the molecule is Cc1nnsc1C(=O)NCCNc1ccc(Nc2ccccn2)nn1. The number of anilines is 3. The van der Waals surface area contributed by atoms with Crippen molar-refractivity contribution in [2.24, 2.45) is 0 Å². The molecule has 0 unspecified atom stereocenters. The van der Waals surface area contributed by atoms with Gasteiger partial charge in [0, 0.05) is 19.3 Å². The number of nitrogens with one attached hydrogen (secondary N) is 3. The van der Waals surface area contributed by atoms with Crippen LogP contribution >= 0.6 is 11.5 Å². The van der Waals surface area contributed by atoms with E-state index in [4.69, 9.17) is 0 Å². The standard InChI is InChI=1S/C15H16N8OS/c1-10-14(25-23-20-10)15(24)18-9-8-17-12-5-6-13(22-21-12)19-11-4-2-3-7-16-11/h2-7H,8-9H2,1H3,(H,17,21)(H,18,24)(H,16,19,22). The Balaban J connectivity index is 1.43. The molecule has 1 amide bonds. The quantitative estimate of drug-likeness (QED) is 0.547. The van der Waals surface area contributed by atoms with Crippen LogP contribution in [0, 0.1) is 6.92 Å². The van der Waals surface area contributed by atoms with Crippen LogP contribution in [0.15, 0.2) is 36.5 Å². The highest BCUT2D eigenvalue weighted by molar-refractivity contribution is 7.07. The number of nitrogens with zero attached hydrogens (tertiary/aromatic N) is 5. The Morgan fingerprint density at radius 1 is 1.04 bits per heavy atom. The lowest BCUT2D eigenvalue weighted by Crippen LogP contribution is -2.28. The summed E-state index contributed by atoms with van der Waals surface area (Å²) in [5.74, 6) is 1.76. The molecule has 10 heteroatoms. The molecular weight excluding hydrogens is 340 g/mol. The van der Waals surface area contributed by atoms with E-state index < -0.39 is 0 Å². The molecule has 0 saturated heterocycles. The van der Waals surface area contributed by atoms with E-state index in [0.717, 1.165) is 11.5 Å². The van der Waals surface area contributed by atoms with Crippen LogP contribution in [-0.4, -0.2) is 43.8 Å². The van der Waals surface area contributed by atoms with Crippen molar-refractivity contribution in [3.8, 4) is 0 Å². The summed E-state index contributed by atoms with van der Waals surface area (Å²) in [6.45, 7) is 2.73. The average molecular weight is 356 g/mol. The average Bonchev–Trinajstić information content (AvgIpc) is 3.07. The molecule has 0 aliphatic heterocycles. The van der Waals surface area contributed by atoms with Gasteiger partial charge in [0.1, 0.15) is 16.5 Å². The third-order valence-corrected chi connectivity index (χ3v) is 3.99. The third-order valence-electron chi connectivity index (χ3n) is 3.16. The normalized spacial score (nSPS) is 10.3. The molecule has 3 heterocycles. The van der Waals surface area contributed by atoms with E-state index >= 15 is 0 Å². The fraction of sp³-hybridized carbons (Fsp3) is 0.200. The first-order valence-corrected chi connectivity index (χ1v) is 8.32. The molecule has 0 radical (unpaired) electrons. The lowest BCUT2D eigenvalue weighted by molar-refractivity contribution is 0.0958. The topological polar surface area (TPSA) is 118 Å². The van der Waals surface area contributed by atoms with E-state index in [2.05, 4.69) is 40.7 Å². The number of amides is 1. The molecule has 0 atom stereocenters. The van der Waals surface area contributed by atoms with Gasteiger partial charge in [-0.05, 0) is 42.7 Å². The van der Waals surface area contributed by atoms with Crippen molar-refractivity contribution >= 4 is 34.9 Å². The van der Waals surface area contributed by atoms with Crippen molar-refractivity contribution in [3.05, 3.63) is 47.1 Å². The highest BCUT2D eigenvalue weighted by Crippen LogP contribution is 2.11. The molecule has 0 spiro atoms. The van der Waals surface area contributed by atoms with Crippen molar-refractivity contribution in [1.29, 1.82) is 0 Å². The number of carbonyl (C=O) groups is 1. The first-order valence-electron chi connectivity index (χ1n) is 7.55. The predicted molar refractivity (Wildman–Crippen MR) is 95.0 cm³/mol. The number of aromatic nitrogens is 5. The van der Waals surface area contributed by atoms with Crippen LogP contribution in [0.1, 0.15) is 15.4 Å². The third kappa shape index (κ3) is 4.67. The lowest BCUT2D eigenvalue weighted by Gasteiger charge is -2.07. The summed E-state index contributed by atoms with van der Waals surface area (Å²) in [5.41, 5.74) is 0.636. The summed E-state index contributed by atoms with van der Waals surface area (Å²) >= 11 is 1.09. The largest absolute Gasteiger partial charge is 0.367 e. The fourth-order valence-corrected chi connectivity index (χ4v) is 2.52. The van der Waals surface area contributed by atoms with E-state index in [1.807, 2.05) is 18.2 Å². The minimum Gasteiger partial charge on any atom is -0.367 e. The van der Waals surface area contributed by atoms with E-state index in [1.165, 1.54) is 0 Å². The van der Waals surface area contributed by atoms with Gasteiger partial charge in [0.2, 0.25) is 0 Å². The van der Waals surface area contributed by atoms with Crippen molar-refractivity contribution in [3.63, 3.8) is 0 Å². The van der Waals surface area contributed by atoms with Crippen molar-refractivity contribution in [2.45, 2.75) is 6.92 Å². The van der Waals surface area contributed by atoms with Gasteiger partial charge in [0.15, 0.2) is 5.82 Å². The van der Waals surface area contributed by atoms with Gasteiger partial charge >= 0.3 is 0 Å². The maximum atomic E-state index is 11.9. The molecule has 0 aliphatic carbocycles. The molecule has 0 aromatic carbocycles. The molecule has 3 aromatic rings. The summed E-state index contributed by atoms with van der Waals surface area (Å²) in [6, 6.07) is 9.18. The Kier molecular flexibility index (Phi) is 5.42. The Morgan fingerprint density at radius 2 is 1.88 bits per heavy atom. The second-order valence-corrected chi connectivity index (χ2v) is 5.77. The zero-order valence-corrected chi connectivity index (χ0v) is 14.2. The second-order valence-electron chi connectivity index (χ2n) is 5.01. The van der Waals surface area contributed by atoms with Gasteiger partial charge < -0.3 is 16.0 Å². The molecule has 3 N–H and O–H groups in total. The van der Waals surface area contributed by atoms with E-state index in [-0.39, 0.29) is 5.91 Å². The zero-order chi connectivity index (χ0) is 17.5. The van der Waals surface area contributed by atoms with E-state index in [9.17, 15) is 4.79 Å². The lowest BCUT2D eigenvalue weighted by atomic mass is 10.4. The van der Waals surface area contributed by atoms with E-state index in [1.54, 1.807) is 25.3 Å². The number of rotatable bonds is 7. The Hall–Kier alpha value is -3.14. The van der Waals surface area contributed by atoms with Gasteiger partial charge in [-0.3, -0.25) is 4.79 Å².